The Bertz CT molecular complexity index is 167. The Kier molecular flexibility index (Phi) is 7.98. The number of hydrogen-bond acceptors (Lipinski definition) is 3. The summed E-state index contributed by atoms with van der Waals surface area (Å²) in [5.74, 6) is 0. The van der Waals surface area contributed by atoms with E-state index in [1.54, 1.807) is 0 Å². The second kappa shape index (κ2) is 8.04. The molecule has 0 aliphatic heterocycles. The summed E-state index contributed by atoms with van der Waals surface area (Å²) in [6.45, 7) is 10.4. The third-order valence-electron chi connectivity index (χ3n) is 3.13. The van der Waals surface area contributed by atoms with Crippen LogP contribution in [0.5, 0.6) is 0 Å². The summed E-state index contributed by atoms with van der Waals surface area (Å²) in [4.78, 5) is 2.35. The Morgan fingerprint density at radius 3 is 2.06 bits per heavy atom. The molecule has 0 aromatic rings. The maximum absolute atomic E-state index is 9.30. The van der Waals surface area contributed by atoms with Crippen molar-refractivity contribution in [1.82, 2.24) is 4.90 Å². The Balaban J connectivity index is 4.21. The molecule has 0 unspecified atom stereocenters. The summed E-state index contributed by atoms with van der Waals surface area (Å²) in [7, 11) is 0. The fourth-order valence-electron chi connectivity index (χ4n) is 1.73. The maximum atomic E-state index is 9.30. The van der Waals surface area contributed by atoms with Gasteiger partial charge in [-0.25, -0.2) is 0 Å². The highest BCUT2D eigenvalue weighted by Gasteiger charge is 2.26. The zero-order chi connectivity index (χ0) is 12.6. The van der Waals surface area contributed by atoms with Gasteiger partial charge in [0.15, 0.2) is 0 Å². The highest BCUT2D eigenvalue weighted by molar-refractivity contribution is 4.78. The van der Waals surface area contributed by atoms with Crippen LogP contribution in [-0.2, 0) is 0 Å². The average molecular weight is 231 g/mol. The van der Waals surface area contributed by atoms with Crippen LogP contribution in [-0.4, -0.2) is 47.5 Å². The van der Waals surface area contributed by atoms with Crippen LogP contribution in [0.3, 0.4) is 0 Å². The minimum absolute atomic E-state index is 0.0422. The second-order valence-corrected chi connectivity index (χ2v) is 5.40. The van der Waals surface area contributed by atoms with Crippen molar-refractivity contribution in [2.45, 2.75) is 53.0 Å². The smallest absolute Gasteiger partial charge is 0.0519 e. The van der Waals surface area contributed by atoms with Gasteiger partial charge in [-0.05, 0) is 26.8 Å². The summed E-state index contributed by atoms with van der Waals surface area (Å²) >= 11 is 0. The first kappa shape index (κ1) is 15.9. The van der Waals surface area contributed by atoms with Gasteiger partial charge in [0.25, 0.3) is 0 Å². The Morgan fingerprint density at radius 2 is 1.69 bits per heavy atom. The van der Waals surface area contributed by atoms with E-state index in [2.05, 4.69) is 25.7 Å². The minimum atomic E-state index is -0.378. The zero-order valence-electron chi connectivity index (χ0n) is 11.4. The lowest BCUT2D eigenvalue weighted by atomic mass is 9.91. The van der Waals surface area contributed by atoms with Gasteiger partial charge in [-0.3, -0.25) is 0 Å². The summed E-state index contributed by atoms with van der Waals surface area (Å²) in [5, 5.41) is 18.6. The lowest BCUT2D eigenvalue weighted by Crippen LogP contribution is -2.44. The van der Waals surface area contributed by atoms with Gasteiger partial charge in [-0.1, -0.05) is 26.7 Å². The molecular weight excluding hydrogens is 202 g/mol. The quantitative estimate of drug-likeness (QED) is 0.595. The van der Waals surface area contributed by atoms with Crippen LogP contribution in [0.4, 0.5) is 0 Å². The molecular formula is C13H29NO2. The molecule has 0 saturated carbocycles. The highest BCUT2D eigenvalue weighted by Crippen LogP contribution is 2.18. The van der Waals surface area contributed by atoms with E-state index < -0.39 is 0 Å². The van der Waals surface area contributed by atoms with E-state index in [0.717, 1.165) is 13.1 Å². The van der Waals surface area contributed by atoms with Crippen molar-refractivity contribution in [3.8, 4) is 0 Å². The standard InChI is InChI=1S/C13H29NO2/c1-5-6-7-8-14(12(2)3)9-13(4,10-15)11-16/h12,15-16H,5-11H2,1-4H3. The third-order valence-corrected chi connectivity index (χ3v) is 3.13. The largest absolute Gasteiger partial charge is 0.396 e. The lowest BCUT2D eigenvalue weighted by molar-refractivity contribution is 0.0256. The van der Waals surface area contributed by atoms with Gasteiger partial charge in [0, 0.05) is 18.0 Å². The number of aliphatic hydroxyl groups is 2. The molecule has 3 heteroatoms. The van der Waals surface area contributed by atoms with Gasteiger partial charge >= 0.3 is 0 Å². The fourth-order valence-corrected chi connectivity index (χ4v) is 1.73. The molecule has 0 heterocycles. The van der Waals surface area contributed by atoms with E-state index >= 15 is 0 Å². The van der Waals surface area contributed by atoms with Crippen LogP contribution in [0.25, 0.3) is 0 Å². The number of rotatable bonds is 9. The van der Waals surface area contributed by atoms with E-state index in [1.807, 2.05) is 6.92 Å². The average Bonchev–Trinajstić information content (AvgIpc) is 2.27. The summed E-state index contributed by atoms with van der Waals surface area (Å²) in [5.41, 5.74) is -0.378. The molecule has 0 saturated heterocycles. The van der Waals surface area contributed by atoms with E-state index in [0.29, 0.717) is 6.04 Å². The molecule has 0 atom stereocenters. The van der Waals surface area contributed by atoms with Crippen LogP contribution in [0.15, 0.2) is 0 Å². The molecule has 0 fully saturated rings. The zero-order valence-corrected chi connectivity index (χ0v) is 11.4. The van der Waals surface area contributed by atoms with Crippen molar-refractivity contribution in [3.63, 3.8) is 0 Å². The molecule has 98 valence electrons. The topological polar surface area (TPSA) is 43.7 Å². The fraction of sp³-hybridized carbons (Fsp3) is 1.00. The first-order valence-corrected chi connectivity index (χ1v) is 6.45. The first-order valence-electron chi connectivity index (χ1n) is 6.45. The van der Waals surface area contributed by atoms with E-state index in [-0.39, 0.29) is 18.6 Å². The number of aliphatic hydroxyl groups excluding tert-OH is 2. The molecule has 16 heavy (non-hydrogen) atoms. The molecule has 0 rings (SSSR count). The lowest BCUT2D eigenvalue weighted by Gasteiger charge is -2.35. The van der Waals surface area contributed by atoms with Gasteiger partial charge in [0.2, 0.25) is 0 Å². The highest BCUT2D eigenvalue weighted by atomic mass is 16.3. The molecule has 3 nitrogen and oxygen atoms in total. The molecule has 0 aliphatic carbocycles. The molecule has 0 aromatic carbocycles. The van der Waals surface area contributed by atoms with Crippen molar-refractivity contribution in [2.75, 3.05) is 26.3 Å². The predicted molar refractivity (Wildman–Crippen MR) is 68.5 cm³/mol. The van der Waals surface area contributed by atoms with Gasteiger partial charge in [0.05, 0.1) is 13.2 Å². The summed E-state index contributed by atoms with van der Waals surface area (Å²) in [6, 6.07) is 0.467. The van der Waals surface area contributed by atoms with E-state index in [1.165, 1.54) is 19.3 Å². The van der Waals surface area contributed by atoms with Gasteiger partial charge in [0.1, 0.15) is 0 Å². The Hall–Kier alpha value is -0.120. The van der Waals surface area contributed by atoms with Crippen LogP contribution in [0.1, 0.15) is 47.0 Å². The van der Waals surface area contributed by atoms with Crippen LogP contribution < -0.4 is 0 Å². The van der Waals surface area contributed by atoms with Crippen LogP contribution in [0.2, 0.25) is 0 Å². The predicted octanol–water partition coefficient (Wildman–Crippen LogP) is 1.88. The Morgan fingerprint density at radius 1 is 1.12 bits per heavy atom. The van der Waals surface area contributed by atoms with Crippen molar-refractivity contribution < 1.29 is 10.2 Å². The number of nitrogens with zero attached hydrogens (tertiary/aromatic N) is 1. The normalized spacial score (nSPS) is 12.8. The first-order chi connectivity index (χ1) is 7.49. The number of unbranched alkanes of at least 4 members (excludes halogenated alkanes) is 2. The summed E-state index contributed by atoms with van der Waals surface area (Å²) in [6.07, 6.45) is 3.67. The monoisotopic (exact) mass is 231 g/mol. The van der Waals surface area contributed by atoms with Gasteiger partial charge < -0.3 is 15.1 Å². The van der Waals surface area contributed by atoms with Crippen molar-refractivity contribution >= 4 is 0 Å². The minimum Gasteiger partial charge on any atom is -0.396 e. The molecule has 0 aromatic heterocycles. The molecule has 0 aliphatic rings. The van der Waals surface area contributed by atoms with Crippen molar-refractivity contribution in [3.05, 3.63) is 0 Å². The molecule has 0 radical (unpaired) electrons. The van der Waals surface area contributed by atoms with Crippen LogP contribution in [0, 0.1) is 5.41 Å². The molecule has 0 spiro atoms. The van der Waals surface area contributed by atoms with E-state index in [9.17, 15) is 10.2 Å². The third kappa shape index (κ3) is 5.83. The van der Waals surface area contributed by atoms with Crippen molar-refractivity contribution in [2.24, 2.45) is 5.41 Å². The van der Waals surface area contributed by atoms with Gasteiger partial charge in [-0.15, -0.1) is 0 Å². The Labute approximate surface area is 100 Å². The molecule has 2 N–H and O–H groups in total. The SMILES string of the molecule is CCCCCN(CC(C)(CO)CO)C(C)C. The molecule has 0 bridgehead atoms. The van der Waals surface area contributed by atoms with Crippen LogP contribution >= 0.6 is 0 Å². The second-order valence-electron chi connectivity index (χ2n) is 5.40. The van der Waals surface area contributed by atoms with Gasteiger partial charge in [-0.2, -0.15) is 0 Å². The maximum Gasteiger partial charge on any atom is 0.0519 e. The van der Waals surface area contributed by atoms with E-state index in [4.69, 9.17) is 0 Å². The molecule has 0 amide bonds. The summed E-state index contributed by atoms with van der Waals surface area (Å²) < 4.78 is 0. The number of hydrogen-bond donors (Lipinski definition) is 2. The van der Waals surface area contributed by atoms with Crippen molar-refractivity contribution in [1.29, 1.82) is 0 Å².